The standard InChI is InChI=1S/C23H14O6/c24-20-14-8-4-6-12-18(14)28-22(26)16(20)10-2-1-3-11-17-21(25)15-9-5-7-13-19(15)29-23(17)27/h1-13,24H/b3-1+,10-2+,17-11-. The molecule has 0 aliphatic carbocycles. The minimum absolute atomic E-state index is 0.00285. The molecule has 0 fully saturated rings. The molecule has 6 heteroatoms. The van der Waals surface area contributed by atoms with Crippen molar-refractivity contribution >= 4 is 28.8 Å². The van der Waals surface area contributed by atoms with Gasteiger partial charge in [-0.05, 0) is 36.4 Å². The van der Waals surface area contributed by atoms with Gasteiger partial charge in [0.2, 0.25) is 5.78 Å². The summed E-state index contributed by atoms with van der Waals surface area (Å²) in [7, 11) is 0. The Morgan fingerprint density at radius 2 is 1.62 bits per heavy atom. The van der Waals surface area contributed by atoms with Crippen LogP contribution in [0.1, 0.15) is 15.9 Å². The van der Waals surface area contributed by atoms with Crippen LogP contribution >= 0.6 is 0 Å². The van der Waals surface area contributed by atoms with Crippen LogP contribution < -0.4 is 10.4 Å². The van der Waals surface area contributed by atoms with E-state index in [-0.39, 0.29) is 22.6 Å². The molecular formula is C23H14O6. The van der Waals surface area contributed by atoms with Crippen molar-refractivity contribution < 1.29 is 23.8 Å². The number of para-hydroxylation sites is 2. The Morgan fingerprint density at radius 3 is 2.48 bits per heavy atom. The SMILES string of the molecule is O=C1Oc2ccccc2C(=O)/C1=C/C=C/C=C/c1c(O)c2ccccc2oc1=O. The maximum absolute atomic E-state index is 12.4. The summed E-state index contributed by atoms with van der Waals surface area (Å²) >= 11 is 0. The molecule has 0 amide bonds. The number of ether oxygens (including phenoxy) is 1. The highest BCUT2D eigenvalue weighted by molar-refractivity contribution is 6.27. The molecule has 0 spiro atoms. The van der Waals surface area contributed by atoms with Crippen LogP contribution in [0.25, 0.3) is 17.0 Å². The Bertz CT molecular complexity index is 1290. The first-order valence-corrected chi connectivity index (χ1v) is 8.72. The summed E-state index contributed by atoms with van der Waals surface area (Å²) in [4.78, 5) is 36.5. The molecule has 0 saturated heterocycles. The number of aromatic hydroxyl groups is 1. The number of fused-ring (bicyclic) bond motifs is 2. The Balaban J connectivity index is 1.58. The van der Waals surface area contributed by atoms with E-state index in [9.17, 15) is 19.5 Å². The summed E-state index contributed by atoms with van der Waals surface area (Å²) in [5.74, 6) is -1.09. The van der Waals surface area contributed by atoms with Gasteiger partial charge in [0.05, 0.1) is 10.9 Å². The molecule has 1 aliphatic rings. The number of carbonyl (C=O) groups excluding carboxylic acids is 2. The third-order valence-electron chi connectivity index (χ3n) is 4.37. The van der Waals surface area contributed by atoms with Crippen molar-refractivity contribution in [3.63, 3.8) is 0 Å². The second-order valence-corrected chi connectivity index (χ2v) is 6.19. The predicted molar refractivity (Wildman–Crippen MR) is 107 cm³/mol. The number of benzene rings is 2. The van der Waals surface area contributed by atoms with E-state index in [2.05, 4.69) is 0 Å². The molecule has 4 rings (SSSR count). The summed E-state index contributed by atoms with van der Waals surface area (Å²) in [6.45, 7) is 0. The molecule has 6 nitrogen and oxygen atoms in total. The van der Waals surface area contributed by atoms with E-state index in [1.807, 2.05) is 0 Å². The van der Waals surface area contributed by atoms with Gasteiger partial charge in [0.15, 0.2) is 0 Å². The monoisotopic (exact) mass is 386 g/mol. The van der Waals surface area contributed by atoms with Gasteiger partial charge in [0.25, 0.3) is 0 Å². The van der Waals surface area contributed by atoms with Crippen molar-refractivity contribution in [1.29, 1.82) is 0 Å². The van der Waals surface area contributed by atoms with Gasteiger partial charge in [0.1, 0.15) is 28.2 Å². The van der Waals surface area contributed by atoms with Crippen molar-refractivity contribution in [2.24, 2.45) is 0 Å². The first kappa shape index (κ1) is 18.2. The maximum Gasteiger partial charge on any atom is 0.347 e. The van der Waals surface area contributed by atoms with Gasteiger partial charge in [-0.25, -0.2) is 9.59 Å². The fourth-order valence-corrected chi connectivity index (χ4v) is 2.94. The summed E-state index contributed by atoms with van der Waals surface area (Å²) in [5, 5.41) is 10.7. The quantitative estimate of drug-likeness (QED) is 0.184. The fourth-order valence-electron chi connectivity index (χ4n) is 2.94. The highest BCUT2D eigenvalue weighted by Crippen LogP contribution is 2.28. The van der Waals surface area contributed by atoms with Crippen molar-refractivity contribution in [1.82, 2.24) is 0 Å². The lowest BCUT2D eigenvalue weighted by Gasteiger charge is -2.15. The van der Waals surface area contributed by atoms with Crippen LogP contribution in [0, 0.1) is 0 Å². The number of ketones is 1. The largest absolute Gasteiger partial charge is 0.506 e. The average Bonchev–Trinajstić information content (AvgIpc) is 2.72. The van der Waals surface area contributed by atoms with E-state index >= 15 is 0 Å². The minimum atomic E-state index is -0.727. The second-order valence-electron chi connectivity index (χ2n) is 6.19. The molecule has 2 heterocycles. The van der Waals surface area contributed by atoms with Crippen LogP contribution in [0.5, 0.6) is 11.5 Å². The van der Waals surface area contributed by atoms with Crippen LogP contribution in [0.15, 0.2) is 87.6 Å². The molecular weight excluding hydrogens is 372 g/mol. The maximum atomic E-state index is 12.4. The van der Waals surface area contributed by atoms with Gasteiger partial charge >= 0.3 is 11.6 Å². The molecule has 0 bridgehead atoms. The molecule has 2 aromatic carbocycles. The van der Waals surface area contributed by atoms with E-state index in [1.54, 1.807) is 48.5 Å². The predicted octanol–water partition coefficient (Wildman–Crippen LogP) is 3.80. The number of rotatable bonds is 3. The lowest BCUT2D eigenvalue weighted by Crippen LogP contribution is -2.24. The number of hydrogen-bond donors (Lipinski definition) is 1. The first-order chi connectivity index (χ1) is 14.1. The summed E-state index contributed by atoms with van der Waals surface area (Å²) < 4.78 is 10.3. The molecule has 1 aromatic heterocycles. The van der Waals surface area contributed by atoms with Crippen LogP contribution in [-0.4, -0.2) is 16.9 Å². The smallest absolute Gasteiger partial charge is 0.347 e. The molecule has 3 aromatic rings. The zero-order chi connectivity index (χ0) is 20.4. The molecule has 0 atom stereocenters. The van der Waals surface area contributed by atoms with E-state index in [1.165, 1.54) is 30.4 Å². The Hall–Kier alpha value is -4.19. The van der Waals surface area contributed by atoms with Crippen LogP contribution in [0.4, 0.5) is 0 Å². The lowest BCUT2D eigenvalue weighted by atomic mass is 9.99. The topological polar surface area (TPSA) is 93.8 Å². The highest BCUT2D eigenvalue weighted by atomic mass is 16.5. The molecule has 0 radical (unpaired) electrons. The van der Waals surface area contributed by atoms with E-state index < -0.39 is 17.4 Å². The van der Waals surface area contributed by atoms with Gasteiger partial charge < -0.3 is 14.3 Å². The zero-order valence-electron chi connectivity index (χ0n) is 15.0. The lowest BCUT2D eigenvalue weighted by molar-refractivity contribution is -0.130. The Labute approximate surface area is 164 Å². The van der Waals surface area contributed by atoms with Crippen LogP contribution in [-0.2, 0) is 4.79 Å². The van der Waals surface area contributed by atoms with Crippen molar-refractivity contribution in [2.45, 2.75) is 0 Å². The minimum Gasteiger partial charge on any atom is -0.506 e. The second kappa shape index (κ2) is 7.44. The fraction of sp³-hybridized carbons (Fsp3) is 0. The van der Waals surface area contributed by atoms with Crippen LogP contribution in [0.2, 0.25) is 0 Å². The van der Waals surface area contributed by atoms with E-state index in [4.69, 9.17) is 9.15 Å². The number of esters is 1. The number of Topliss-reactive ketones (excluding diaryl/α,β-unsaturated/α-hetero) is 1. The van der Waals surface area contributed by atoms with Gasteiger partial charge in [-0.15, -0.1) is 0 Å². The third-order valence-corrected chi connectivity index (χ3v) is 4.37. The normalized spacial score (nSPS) is 15.4. The summed E-state index contributed by atoms with van der Waals surface area (Å²) in [6, 6.07) is 13.2. The molecule has 1 aliphatic heterocycles. The van der Waals surface area contributed by atoms with E-state index in [0.29, 0.717) is 16.5 Å². The molecule has 0 saturated carbocycles. The number of allylic oxidation sites excluding steroid dienone is 4. The number of carbonyl (C=O) groups is 2. The molecule has 0 unspecified atom stereocenters. The van der Waals surface area contributed by atoms with E-state index in [0.717, 1.165) is 0 Å². The first-order valence-electron chi connectivity index (χ1n) is 8.72. The summed E-state index contributed by atoms with van der Waals surface area (Å²) in [5.41, 5.74) is -0.153. The molecule has 29 heavy (non-hydrogen) atoms. The average molecular weight is 386 g/mol. The zero-order valence-corrected chi connectivity index (χ0v) is 15.0. The number of hydrogen-bond acceptors (Lipinski definition) is 6. The van der Waals surface area contributed by atoms with Gasteiger partial charge in [-0.3, -0.25) is 4.79 Å². The Morgan fingerprint density at radius 1 is 0.862 bits per heavy atom. The Kier molecular flexibility index (Phi) is 4.66. The van der Waals surface area contributed by atoms with Gasteiger partial charge in [-0.1, -0.05) is 42.5 Å². The third kappa shape index (κ3) is 3.39. The molecule has 1 N–H and O–H groups in total. The van der Waals surface area contributed by atoms with Crippen molar-refractivity contribution in [3.8, 4) is 11.5 Å². The van der Waals surface area contributed by atoms with Crippen LogP contribution in [0.3, 0.4) is 0 Å². The highest BCUT2D eigenvalue weighted by Gasteiger charge is 2.29. The van der Waals surface area contributed by atoms with Gasteiger partial charge in [0, 0.05) is 0 Å². The van der Waals surface area contributed by atoms with Crippen molar-refractivity contribution in [3.05, 3.63) is 100.0 Å². The van der Waals surface area contributed by atoms with Crippen molar-refractivity contribution in [2.75, 3.05) is 0 Å². The van der Waals surface area contributed by atoms with Gasteiger partial charge in [-0.2, -0.15) is 0 Å². The molecule has 142 valence electrons. The summed E-state index contributed by atoms with van der Waals surface area (Å²) in [6.07, 6.45) is 7.21.